The summed E-state index contributed by atoms with van der Waals surface area (Å²) in [6, 6.07) is 0. The van der Waals surface area contributed by atoms with E-state index >= 15 is 0 Å². The second-order valence-electron chi connectivity index (χ2n) is 0.819. The summed E-state index contributed by atoms with van der Waals surface area (Å²) in [5, 5.41) is 0. The van der Waals surface area contributed by atoms with Gasteiger partial charge in [-0.3, -0.25) is 4.99 Å². The predicted octanol–water partition coefficient (Wildman–Crippen LogP) is 0.681. The highest BCUT2D eigenvalue weighted by Crippen LogP contribution is 1.60. The van der Waals surface area contributed by atoms with Crippen LogP contribution in [0, 0.1) is 0 Å². The van der Waals surface area contributed by atoms with Gasteiger partial charge in [-0.1, -0.05) is 0 Å². The van der Waals surface area contributed by atoms with Gasteiger partial charge in [0.15, 0.2) is 6.40 Å². The van der Waals surface area contributed by atoms with Crippen LogP contribution < -0.4 is 0 Å². The summed E-state index contributed by atoms with van der Waals surface area (Å²) in [6.07, 6.45) is 1.43. The van der Waals surface area contributed by atoms with Crippen molar-refractivity contribution in [1.29, 1.82) is 0 Å². The molecule has 0 bridgehead atoms. The Kier molecular flexibility index (Phi) is 4.08. The summed E-state index contributed by atoms with van der Waals surface area (Å²) < 4.78 is 4.69. The maximum absolute atomic E-state index is 4.69. The smallest absolute Gasteiger partial charge is 0.169 e. The van der Waals surface area contributed by atoms with E-state index in [0.717, 1.165) is 0 Å². The van der Waals surface area contributed by atoms with Crippen molar-refractivity contribution in [2.45, 2.75) is 6.92 Å². The number of hydrogen-bond donors (Lipinski definition) is 0. The second kappa shape index (κ2) is 4.47. The van der Waals surface area contributed by atoms with E-state index in [4.69, 9.17) is 4.74 Å². The Morgan fingerprint density at radius 2 is 2.50 bits per heavy atom. The van der Waals surface area contributed by atoms with Gasteiger partial charge < -0.3 is 4.74 Å². The Hall–Kier alpha value is -0.530. The monoisotopic (exact) mass is 87.1 g/mol. The van der Waals surface area contributed by atoms with E-state index in [1.807, 2.05) is 6.92 Å². The van der Waals surface area contributed by atoms with E-state index in [1.54, 1.807) is 7.05 Å². The molecule has 0 unspecified atom stereocenters. The van der Waals surface area contributed by atoms with Crippen molar-refractivity contribution in [3.8, 4) is 0 Å². The molecule has 0 rings (SSSR count). The Labute approximate surface area is 37.8 Å². The fourth-order valence-electron chi connectivity index (χ4n) is 0.149. The number of aliphatic imine (C=N–C) groups is 1. The van der Waals surface area contributed by atoms with Gasteiger partial charge in [0.2, 0.25) is 0 Å². The molecule has 0 saturated carbocycles. The van der Waals surface area contributed by atoms with Crippen molar-refractivity contribution < 1.29 is 4.74 Å². The molecule has 0 aromatic rings. The zero-order chi connectivity index (χ0) is 4.83. The van der Waals surface area contributed by atoms with Crippen LogP contribution >= 0.6 is 0 Å². The summed E-state index contributed by atoms with van der Waals surface area (Å²) in [6.45, 7) is 2.62. The van der Waals surface area contributed by atoms with E-state index in [9.17, 15) is 0 Å². The van der Waals surface area contributed by atoms with E-state index in [1.165, 1.54) is 6.40 Å². The molecule has 0 aliphatic carbocycles. The highest BCUT2D eigenvalue weighted by Gasteiger charge is 1.60. The molecule has 2 nitrogen and oxygen atoms in total. The number of nitrogens with zero attached hydrogens (tertiary/aromatic N) is 1. The molecule has 0 heterocycles. The van der Waals surface area contributed by atoms with Crippen LogP contribution in [0.1, 0.15) is 6.92 Å². The first-order valence-corrected chi connectivity index (χ1v) is 1.94. The lowest BCUT2D eigenvalue weighted by molar-refractivity contribution is 0.343. The largest absolute Gasteiger partial charge is 0.484 e. The Morgan fingerprint density at radius 3 is 2.67 bits per heavy atom. The fourth-order valence-corrected chi connectivity index (χ4v) is 0.149. The maximum atomic E-state index is 4.69. The molecule has 0 saturated heterocycles. The molecule has 0 atom stereocenters. The van der Waals surface area contributed by atoms with Crippen molar-refractivity contribution in [3.63, 3.8) is 0 Å². The lowest BCUT2D eigenvalue weighted by Gasteiger charge is -1.85. The summed E-state index contributed by atoms with van der Waals surface area (Å²) in [5.74, 6) is 0. The van der Waals surface area contributed by atoms with Gasteiger partial charge >= 0.3 is 0 Å². The third-order valence-electron chi connectivity index (χ3n) is 0.347. The minimum atomic E-state index is 0.706. The van der Waals surface area contributed by atoms with Crippen LogP contribution in [-0.2, 0) is 4.74 Å². The van der Waals surface area contributed by atoms with Gasteiger partial charge in [-0.05, 0) is 6.92 Å². The van der Waals surface area contributed by atoms with E-state index in [2.05, 4.69) is 4.99 Å². The summed E-state index contributed by atoms with van der Waals surface area (Å²) in [4.78, 5) is 3.58. The van der Waals surface area contributed by atoms with E-state index in [0.29, 0.717) is 6.61 Å². The van der Waals surface area contributed by atoms with Gasteiger partial charge in [-0.2, -0.15) is 0 Å². The van der Waals surface area contributed by atoms with Crippen molar-refractivity contribution in [2.75, 3.05) is 13.7 Å². The summed E-state index contributed by atoms with van der Waals surface area (Å²) in [7, 11) is 1.68. The molecule has 0 spiro atoms. The van der Waals surface area contributed by atoms with Crippen molar-refractivity contribution in [1.82, 2.24) is 0 Å². The lowest BCUT2D eigenvalue weighted by Crippen LogP contribution is -1.82. The third-order valence-corrected chi connectivity index (χ3v) is 0.347. The predicted molar refractivity (Wildman–Crippen MR) is 26.0 cm³/mol. The average Bonchev–Trinajstić information content (AvgIpc) is 1.61. The van der Waals surface area contributed by atoms with Gasteiger partial charge in [-0.25, -0.2) is 0 Å². The van der Waals surface area contributed by atoms with Gasteiger partial charge in [0.25, 0.3) is 0 Å². The Balaban J connectivity index is 2.66. The molecular weight excluding hydrogens is 78.0 g/mol. The van der Waals surface area contributed by atoms with Crippen LogP contribution in [0.2, 0.25) is 0 Å². The van der Waals surface area contributed by atoms with E-state index in [-0.39, 0.29) is 0 Å². The quantitative estimate of drug-likeness (QED) is 0.358. The average molecular weight is 87.1 g/mol. The molecule has 0 amide bonds. The Morgan fingerprint density at radius 1 is 1.83 bits per heavy atom. The first-order valence-electron chi connectivity index (χ1n) is 1.94. The maximum Gasteiger partial charge on any atom is 0.169 e. The Bertz CT molecular complexity index is 42.8. The van der Waals surface area contributed by atoms with Crippen LogP contribution in [0.5, 0.6) is 0 Å². The number of hydrogen-bond acceptors (Lipinski definition) is 2. The minimum Gasteiger partial charge on any atom is -0.484 e. The molecule has 0 aromatic carbocycles. The van der Waals surface area contributed by atoms with Crippen LogP contribution in [0.25, 0.3) is 0 Å². The first-order chi connectivity index (χ1) is 2.91. The van der Waals surface area contributed by atoms with Crippen molar-refractivity contribution >= 4 is 6.40 Å². The summed E-state index contributed by atoms with van der Waals surface area (Å²) >= 11 is 0. The number of rotatable bonds is 2. The molecule has 0 N–H and O–H groups in total. The van der Waals surface area contributed by atoms with Gasteiger partial charge in [0.05, 0.1) is 6.61 Å². The van der Waals surface area contributed by atoms with Crippen LogP contribution in [-0.4, -0.2) is 20.1 Å². The van der Waals surface area contributed by atoms with Crippen LogP contribution in [0.15, 0.2) is 4.99 Å². The molecule has 6 heavy (non-hydrogen) atoms. The molecular formula is C4H9NO. The lowest BCUT2D eigenvalue weighted by atomic mass is 10.9. The van der Waals surface area contributed by atoms with Crippen LogP contribution in [0.3, 0.4) is 0 Å². The molecule has 0 fully saturated rings. The SMILES string of the molecule is CCOC=NC. The van der Waals surface area contributed by atoms with Crippen LogP contribution in [0.4, 0.5) is 0 Å². The van der Waals surface area contributed by atoms with Gasteiger partial charge in [0, 0.05) is 7.05 Å². The third kappa shape index (κ3) is 3.47. The topological polar surface area (TPSA) is 21.6 Å². The molecule has 0 aliphatic heterocycles. The van der Waals surface area contributed by atoms with Gasteiger partial charge in [0.1, 0.15) is 0 Å². The zero-order valence-electron chi connectivity index (χ0n) is 4.14. The normalized spacial score (nSPS) is 9.67. The molecule has 36 valence electrons. The van der Waals surface area contributed by atoms with E-state index < -0.39 is 0 Å². The molecule has 2 heteroatoms. The van der Waals surface area contributed by atoms with Crippen molar-refractivity contribution in [2.24, 2.45) is 4.99 Å². The molecule has 0 aromatic heterocycles. The fraction of sp³-hybridized carbons (Fsp3) is 0.750. The first kappa shape index (κ1) is 5.47. The highest BCUT2D eigenvalue weighted by atomic mass is 16.5. The summed E-state index contributed by atoms with van der Waals surface area (Å²) in [5.41, 5.74) is 0. The highest BCUT2D eigenvalue weighted by molar-refractivity contribution is 5.45. The second-order valence-corrected chi connectivity index (χ2v) is 0.819. The van der Waals surface area contributed by atoms with Crippen molar-refractivity contribution in [3.05, 3.63) is 0 Å². The molecule has 0 aliphatic rings. The standard InChI is InChI=1S/C4H9NO/c1-3-6-4-5-2/h4H,3H2,1-2H3. The van der Waals surface area contributed by atoms with Gasteiger partial charge in [-0.15, -0.1) is 0 Å². The zero-order valence-corrected chi connectivity index (χ0v) is 4.14. The number of ether oxygens (including phenoxy) is 1. The minimum absolute atomic E-state index is 0.706. The molecule has 0 radical (unpaired) electrons.